The van der Waals surface area contributed by atoms with Crippen LogP contribution in [0.25, 0.3) is 6.08 Å². The number of amides is 1. The van der Waals surface area contributed by atoms with Crippen molar-refractivity contribution in [2.45, 2.75) is 26.7 Å². The summed E-state index contributed by atoms with van der Waals surface area (Å²) in [6.07, 6.45) is 10.6. The van der Waals surface area contributed by atoms with Gasteiger partial charge in [-0.05, 0) is 66.3 Å². The molecule has 3 heterocycles. The van der Waals surface area contributed by atoms with Crippen molar-refractivity contribution in [3.63, 3.8) is 0 Å². The van der Waals surface area contributed by atoms with E-state index in [1.54, 1.807) is 13.3 Å². The van der Waals surface area contributed by atoms with E-state index in [1.165, 1.54) is 6.21 Å². The third-order valence-corrected chi connectivity index (χ3v) is 6.91. The summed E-state index contributed by atoms with van der Waals surface area (Å²) in [5.74, 6) is 1.89. The molecular weight excluding hydrogens is 480 g/mol. The highest BCUT2D eigenvalue weighted by Gasteiger charge is 2.23. The van der Waals surface area contributed by atoms with Gasteiger partial charge in [-0.25, -0.2) is 4.98 Å². The number of anilines is 2. The van der Waals surface area contributed by atoms with Gasteiger partial charge < -0.3 is 42.0 Å². The Morgan fingerprint density at radius 2 is 2.05 bits per heavy atom. The topological polar surface area (TPSA) is 146 Å². The van der Waals surface area contributed by atoms with Crippen molar-refractivity contribution in [2.24, 2.45) is 23.3 Å². The number of ether oxygens (including phenoxy) is 1. The first-order valence-electron chi connectivity index (χ1n) is 13.1. The minimum absolute atomic E-state index is 0.0527. The molecule has 2 aliphatic rings. The predicted molar refractivity (Wildman–Crippen MR) is 155 cm³/mol. The third kappa shape index (κ3) is 7.61. The summed E-state index contributed by atoms with van der Waals surface area (Å²) < 4.78 is 4.96. The van der Waals surface area contributed by atoms with E-state index >= 15 is 0 Å². The van der Waals surface area contributed by atoms with Gasteiger partial charge in [0, 0.05) is 58.3 Å². The molecule has 10 heteroatoms. The van der Waals surface area contributed by atoms with Gasteiger partial charge in [-0.2, -0.15) is 0 Å². The van der Waals surface area contributed by atoms with E-state index in [-0.39, 0.29) is 18.4 Å². The van der Waals surface area contributed by atoms with Crippen LogP contribution >= 0.6 is 0 Å². The number of carbonyl (C=O) groups is 1. The number of likely N-dealkylation sites (N-methyl/N-ethyl adjacent to an activating group) is 1. The lowest BCUT2D eigenvalue weighted by Gasteiger charge is -2.32. The number of nitrogens with one attached hydrogen (secondary N) is 3. The summed E-state index contributed by atoms with van der Waals surface area (Å²) in [5.41, 5.74) is 16.5. The van der Waals surface area contributed by atoms with E-state index in [2.05, 4.69) is 29.4 Å². The molecule has 206 valence electrons. The van der Waals surface area contributed by atoms with E-state index in [4.69, 9.17) is 26.6 Å². The van der Waals surface area contributed by atoms with Crippen molar-refractivity contribution in [3.8, 4) is 0 Å². The molecule has 10 nitrogen and oxygen atoms in total. The number of rotatable bonds is 11. The quantitative estimate of drug-likeness (QED) is 0.220. The van der Waals surface area contributed by atoms with Crippen LogP contribution in [0.3, 0.4) is 0 Å². The summed E-state index contributed by atoms with van der Waals surface area (Å²) in [6.45, 7) is 7.24. The van der Waals surface area contributed by atoms with Crippen molar-refractivity contribution in [1.82, 2.24) is 15.2 Å². The Hall–Kier alpha value is -3.79. The summed E-state index contributed by atoms with van der Waals surface area (Å²) in [5, 5.41) is 14.6. The molecule has 0 spiro atoms. The van der Waals surface area contributed by atoms with Crippen LogP contribution in [0.5, 0.6) is 0 Å². The molecule has 0 radical (unpaired) electrons. The lowest BCUT2D eigenvalue weighted by Crippen LogP contribution is -2.41. The van der Waals surface area contributed by atoms with Crippen LogP contribution < -0.4 is 27.0 Å². The highest BCUT2D eigenvalue weighted by atomic mass is 16.5. The molecule has 1 aromatic rings. The van der Waals surface area contributed by atoms with Crippen molar-refractivity contribution < 1.29 is 9.53 Å². The third-order valence-electron chi connectivity index (χ3n) is 6.91. The Bertz CT molecular complexity index is 1110. The van der Waals surface area contributed by atoms with Crippen LogP contribution in [0.4, 0.5) is 11.5 Å². The second-order valence-corrected chi connectivity index (χ2v) is 10.1. The lowest BCUT2D eigenvalue weighted by molar-refractivity contribution is -0.136. The Morgan fingerprint density at radius 1 is 1.32 bits per heavy atom. The number of fused-ring (bicyclic) bond motifs is 1. The molecule has 0 bridgehead atoms. The largest absolute Gasteiger partial charge is 0.404 e. The van der Waals surface area contributed by atoms with Crippen molar-refractivity contribution in [3.05, 3.63) is 58.8 Å². The van der Waals surface area contributed by atoms with Crippen LogP contribution in [0, 0.1) is 17.2 Å². The van der Waals surface area contributed by atoms with Crippen LogP contribution in [0.15, 0.2) is 53.1 Å². The smallest absolute Gasteiger partial charge is 0.248 e. The average molecular weight is 523 g/mol. The Morgan fingerprint density at radius 3 is 2.68 bits per heavy atom. The van der Waals surface area contributed by atoms with Crippen molar-refractivity contribution >= 4 is 29.7 Å². The monoisotopic (exact) mass is 522 g/mol. The van der Waals surface area contributed by atoms with Gasteiger partial charge in [-0.3, -0.25) is 4.79 Å². The van der Waals surface area contributed by atoms with Crippen LogP contribution in [0.2, 0.25) is 0 Å². The van der Waals surface area contributed by atoms with E-state index in [0.717, 1.165) is 60.6 Å². The zero-order chi connectivity index (χ0) is 27.7. The number of allylic oxidation sites excluding steroid dienone is 2. The van der Waals surface area contributed by atoms with Gasteiger partial charge in [0.2, 0.25) is 5.91 Å². The molecule has 3 rings (SSSR count). The van der Waals surface area contributed by atoms with Crippen LogP contribution in [0.1, 0.15) is 32.4 Å². The molecule has 0 atom stereocenters. The molecule has 1 saturated heterocycles. The Labute approximate surface area is 226 Å². The molecule has 1 fully saturated rings. The molecular formula is C28H42N8O2. The first-order valence-corrected chi connectivity index (χ1v) is 13.1. The van der Waals surface area contributed by atoms with Gasteiger partial charge in [0.1, 0.15) is 18.2 Å². The average Bonchev–Trinajstić information content (AvgIpc) is 2.89. The summed E-state index contributed by atoms with van der Waals surface area (Å²) >= 11 is 0. The van der Waals surface area contributed by atoms with Crippen molar-refractivity contribution in [1.29, 1.82) is 5.41 Å². The fourth-order valence-electron chi connectivity index (χ4n) is 4.63. The van der Waals surface area contributed by atoms with Crippen LogP contribution in [-0.2, 0) is 9.53 Å². The zero-order valence-electron chi connectivity index (χ0n) is 23.0. The normalized spacial score (nSPS) is 17.3. The maximum atomic E-state index is 12.0. The van der Waals surface area contributed by atoms with E-state index in [0.29, 0.717) is 24.1 Å². The van der Waals surface area contributed by atoms with Crippen molar-refractivity contribution in [2.75, 3.05) is 57.2 Å². The molecule has 1 aromatic heterocycles. The number of pyridine rings is 1. The maximum absolute atomic E-state index is 12.0. The summed E-state index contributed by atoms with van der Waals surface area (Å²) in [7, 11) is 3.56. The summed E-state index contributed by atoms with van der Waals surface area (Å²) in [6, 6.07) is 3.92. The number of carbonyl (C=O) groups excluding carboxylic acids is 1. The molecule has 1 amide bonds. The molecule has 0 aromatic carbocycles. The number of methoxy groups -OCH3 is 1. The summed E-state index contributed by atoms with van der Waals surface area (Å²) in [4.78, 5) is 20.8. The molecule has 0 aliphatic carbocycles. The number of aromatic nitrogens is 1. The maximum Gasteiger partial charge on any atom is 0.248 e. The number of piperidine rings is 1. The van der Waals surface area contributed by atoms with E-state index in [9.17, 15) is 4.79 Å². The number of likely N-dealkylation sites (tertiary alicyclic amines) is 1. The number of nitrogens with zero attached hydrogens (tertiary/aromatic N) is 3. The predicted octanol–water partition coefficient (Wildman–Crippen LogP) is 2.63. The van der Waals surface area contributed by atoms with Crippen LogP contribution in [-0.4, -0.2) is 68.9 Å². The molecule has 2 aliphatic heterocycles. The Kier molecular flexibility index (Phi) is 10.3. The second-order valence-electron chi connectivity index (χ2n) is 10.1. The number of hydrogen-bond acceptors (Lipinski definition) is 9. The molecule has 0 unspecified atom stereocenters. The first-order chi connectivity index (χ1) is 18.2. The van der Waals surface area contributed by atoms with E-state index < -0.39 is 0 Å². The lowest BCUT2D eigenvalue weighted by atomic mass is 9.96. The fourth-order valence-corrected chi connectivity index (χ4v) is 4.63. The van der Waals surface area contributed by atoms with Gasteiger partial charge in [0.05, 0.1) is 11.4 Å². The second kappa shape index (κ2) is 13.7. The minimum Gasteiger partial charge on any atom is -0.404 e. The SMILES string of the molecule is COCC(=O)N1CCC(CN/C=C(\C=N)C2=Cc3nc(N/C(N)=C/C(=C\N)C(C)C)ccc3N(C)C2)CC1. The van der Waals surface area contributed by atoms with Gasteiger partial charge in [-0.1, -0.05) is 13.8 Å². The molecule has 38 heavy (non-hydrogen) atoms. The van der Waals surface area contributed by atoms with Gasteiger partial charge in [0.15, 0.2) is 0 Å². The van der Waals surface area contributed by atoms with E-state index in [1.807, 2.05) is 42.4 Å². The standard InChI is InChI=1S/C28H42N8O2/c1-19(2)21(13-29)12-26(31)34-27-6-5-25-24(33-27)11-22(17-35(25)3)23(14-30)16-32-15-20-7-9-36(10-8-20)28(37)18-38-4/h5-6,11-14,16,19-20,30,32H,7-10,15,17-18,29,31H2,1-4H3,(H,33,34)/b21-13+,23-16+,26-12+,30-14?. The zero-order valence-corrected chi connectivity index (χ0v) is 23.0. The highest BCUT2D eigenvalue weighted by molar-refractivity contribution is 5.88. The number of nitrogens with two attached hydrogens (primary N) is 2. The van der Waals surface area contributed by atoms with Gasteiger partial charge in [-0.15, -0.1) is 0 Å². The van der Waals surface area contributed by atoms with Gasteiger partial charge >= 0.3 is 0 Å². The fraction of sp³-hybridized carbons (Fsp3) is 0.464. The molecule has 7 N–H and O–H groups in total. The first kappa shape index (κ1) is 28.8. The highest BCUT2D eigenvalue weighted by Crippen LogP contribution is 2.30. The Balaban J connectivity index is 1.66. The number of hydrogen-bond donors (Lipinski definition) is 5. The minimum atomic E-state index is 0.0527. The van der Waals surface area contributed by atoms with Gasteiger partial charge in [0.25, 0.3) is 0 Å². The molecule has 0 saturated carbocycles.